The number of H-pyrrole nitrogens is 1. The SMILES string of the molecule is Nc1cc(-c2cc3c([nH]2)CCNC3=O)cc(-c2cnc3ccccc3c2)n1. The van der Waals surface area contributed by atoms with Crippen molar-refractivity contribution < 1.29 is 4.79 Å². The van der Waals surface area contributed by atoms with Crippen molar-refractivity contribution >= 4 is 22.6 Å². The van der Waals surface area contributed by atoms with Crippen LogP contribution in [-0.4, -0.2) is 27.4 Å². The second-order valence-electron chi connectivity index (χ2n) is 6.66. The summed E-state index contributed by atoms with van der Waals surface area (Å²) in [6.45, 7) is 0.651. The molecule has 1 aliphatic rings. The Balaban J connectivity index is 1.61. The zero-order chi connectivity index (χ0) is 18.4. The van der Waals surface area contributed by atoms with Crippen LogP contribution in [0.15, 0.2) is 54.7 Å². The Morgan fingerprint density at radius 1 is 1.04 bits per heavy atom. The maximum absolute atomic E-state index is 12.0. The van der Waals surface area contributed by atoms with E-state index >= 15 is 0 Å². The highest BCUT2D eigenvalue weighted by molar-refractivity contribution is 5.98. The van der Waals surface area contributed by atoms with E-state index in [1.807, 2.05) is 42.5 Å². The summed E-state index contributed by atoms with van der Waals surface area (Å²) in [5, 5.41) is 3.91. The molecule has 4 heterocycles. The number of hydrogen-bond acceptors (Lipinski definition) is 4. The molecule has 0 atom stereocenters. The lowest BCUT2D eigenvalue weighted by molar-refractivity contribution is 0.0946. The van der Waals surface area contributed by atoms with E-state index in [4.69, 9.17) is 5.73 Å². The van der Waals surface area contributed by atoms with Gasteiger partial charge in [0.1, 0.15) is 5.82 Å². The van der Waals surface area contributed by atoms with E-state index in [1.165, 1.54) is 0 Å². The van der Waals surface area contributed by atoms with Gasteiger partial charge in [-0.2, -0.15) is 0 Å². The van der Waals surface area contributed by atoms with Crippen molar-refractivity contribution in [3.8, 4) is 22.5 Å². The predicted octanol–water partition coefficient (Wildman–Crippen LogP) is 3.16. The molecule has 1 aliphatic heterocycles. The van der Waals surface area contributed by atoms with Gasteiger partial charge in [0.15, 0.2) is 0 Å². The van der Waals surface area contributed by atoms with Crippen molar-refractivity contribution in [2.45, 2.75) is 6.42 Å². The quantitative estimate of drug-likeness (QED) is 0.514. The Labute approximate surface area is 155 Å². The van der Waals surface area contributed by atoms with Crippen LogP contribution >= 0.6 is 0 Å². The van der Waals surface area contributed by atoms with E-state index in [2.05, 4.69) is 26.3 Å². The number of nitrogens with two attached hydrogens (primary N) is 1. The Morgan fingerprint density at radius 3 is 2.81 bits per heavy atom. The molecule has 6 heteroatoms. The number of nitrogens with one attached hydrogen (secondary N) is 2. The normalized spacial score (nSPS) is 13.4. The minimum atomic E-state index is -0.0419. The summed E-state index contributed by atoms with van der Waals surface area (Å²) >= 11 is 0. The van der Waals surface area contributed by atoms with Crippen molar-refractivity contribution in [1.29, 1.82) is 0 Å². The Kier molecular flexibility index (Phi) is 3.43. The fraction of sp³-hybridized carbons (Fsp3) is 0.0952. The van der Waals surface area contributed by atoms with Gasteiger partial charge in [0.25, 0.3) is 5.91 Å². The predicted molar refractivity (Wildman–Crippen MR) is 105 cm³/mol. The number of rotatable bonds is 2. The maximum atomic E-state index is 12.0. The lowest BCUT2D eigenvalue weighted by atomic mass is 10.1. The van der Waals surface area contributed by atoms with E-state index in [-0.39, 0.29) is 5.91 Å². The molecule has 4 N–H and O–H groups in total. The fourth-order valence-corrected chi connectivity index (χ4v) is 3.52. The first-order valence-corrected chi connectivity index (χ1v) is 8.80. The largest absolute Gasteiger partial charge is 0.384 e. The molecule has 0 spiro atoms. The van der Waals surface area contributed by atoms with Crippen LogP contribution < -0.4 is 11.1 Å². The molecule has 1 amide bonds. The third kappa shape index (κ3) is 2.71. The number of carbonyl (C=O) groups excluding carboxylic acids is 1. The van der Waals surface area contributed by atoms with Crippen LogP contribution in [0.25, 0.3) is 33.4 Å². The molecular formula is C21H17N5O. The number of aromatic amines is 1. The number of nitrogens with zero attached hydrogens (tertiary/aromatic N) is 2. The molecule has 0 saturated carbocycles. The topological polar surface area (TPSA) is 96.7 Å². The van der Waals surface area contributed by atoms with E-state index < -0.39 is 0 Å². The Morgan fingerprint density at radius 2 is 1.93 bits per heavy atom. The van der Waals surface area contributed by atoms with Crippen molar-refractivity contribution in [3.63, 3.8) is 0 Å². The van der Waals surface area contributed by atoms with Gasteiger partial charge in [0.2, 0.25) is 0 Å². The summed E-state index contributed by atoms with van der Waals surface area (Å²) in [4.78, 5) is 24.4. The first-order valence-electron chi connectivity index (χ1n) is 8.80. The number of para-hydroxylation sites is 1. The van der Waals surface area contributed by atoms with Crippen LogP contribution in [0.2, 0.25) is 0 Å². The summed E-state index contributed by atoms with van der Waals surface area (Å²) in [5.74, 6) is 0.382. The van der Waals surface area contributed by atoms with Crippen LogP contribution in [0.4, 0.5) is 5.82 Å². The van der Waals surface area contributed by atoms with E-state index in [9.17, 15) is 4.79 Å². The average molecular weight is 355 g/mol. The fourth-order valence-electron chi connectivity index (χ4n) is 3.52. The molecule has 0 unspecified atom stereocenters. The lowest BCUT2D eigenvalue weighted by Crippen LogP contribution is -2.31. The van der Waals surface area contributed by atoms with Crippen LogP contribution in [0.3, 0.4) is 0 Å². The maximum Gasteiger partial charge on any atom is 0.253 e. The number of amides is 1. The monoisotopic (exact) mass is 355 g/mol. The molecule has 0 fully saturated rings. The third-order valence-corrected chi connectivity index (χ3v) is 4.85. The molecule has 27 heavy (non-hydrogen) atoms. The van der Waals surface area contributed by atoms with Gasteiger partial charge in [0, 0.05) is 47.1 Å². The highest BCUT2D eigenvalue weighted by Crippen LogP contribution is 2.29. The second kappa shape index (κ2) is 5.95. The minimum absolute atomic E-state index is 0.0419. The Bertz CT molecular complexity index is 1190. The molecule has 4 aromatic rings. The zero-order valence-corrected chi connectivity index (χ0v) is 14.5. The van der Waals surface area contributed by atoms with Gasteiger partial charge in [-0.3, -0.25) is 9.78 Å². The summed E-state index contributed by atoms with van der Waals surface area (Å²) in [6, 6.07) is 15.7. The van der Waals surface area contributed by atoms with Crippen molar-refractivity contribution in [2.75, 3.05) is 12.3 Å². The zero-order valence-electron chi connectivity index (χ0n) is 14.5. The molecule has 0 saturated heterocycles. The van der Waals surface area contributed by atoms with E-state index in [0.717, 1.165) is 45.5 Å². The van der Waals surface area contributed by atoms with E-state index in [0.29, 0.717) is 17.9 Å². The van der Waals surface area contributed by atoms with Crippen LogP contribution in [0.5, 0.6) is 0 Å². The molecular weight excluding hydrogens is 338 g/mol. The molecule has 5 rings (SSSR count). The van der Waals surface area contributed by atoms with Gasteiger partial charge < -0.3 is 16.0 Å². The van der Waals surface area contributed by atoms with Crippen LogP contribution in [-0.2, 0) is 6.42 Å². The summed E-state index contributed by atoms with van der Waals surface area (Å²) in [5.41, 5.74) is 12.1. The first kappa shape index (κ1) is 15.6. The molecule has 0 bridgehead atoms. The number of pyridine rings is 2. The van der Waals surface area contributed by atoms with Gasteiger partial charge in [-0.05, 0) is 30.3 Å². The summed E-state index contributed by atoms with van der Waals surface area (Å²) in [6.07, 6.45) is 2.60. The number of carbonyl (C=O) groups is 1. The molecule has 1 aromatic carbocycles. The number of benzene rings is 1. The standard InChI is InChI=1S/C21H17N5O/c22-20-9-13(19-10-15-17(25-19)5-6-23-21(15)27)8-18(26-20)14-7-12-3-1-2-4-16(12)24-11-14/h1-4,7-11,25H,5-6H2,(H2,22,26)(H,23,27). The van der Waals surface area contributed by atoms with Gasteiger partial charge in [0.05, 0.1) is 16.8 Å². The summed E-state index contributed by atoms with van der Waals surface area (Å²) < 4.78 is 0. The van der Waals surface area contributed by atoms with Gasteiger partial charge >= 0.3 is 0 Å². The molecule has 0 radical (unpaired) electrons. The van der Waals surface area contributed by atoms with Gasteiger partial charge in [-0.15, -0.1) is 0 Å². The Hall–Kier alpha value is -3.67. The van der Waals surface area contributed by atoms with Crippen molar-refractivity contribution in [2.24, 2.45) is 0 Å². The highest BCUT2D eigenvalue weighted by Gasteiger charge is 2.20. The average Bonchev–Trinajstić information content (AvgIpc) is 3.13. The third-order valence-electron chi connectivity index (χ3n) is 4.85. The van der Waals surface area contributed by atoms with Crippen molar-refractivity contribution in [1.82, 2.24) is 20.3 Å². The second-order valence-corrected chi connectivity index (χ2v) is 6.66. The number of fused-ring (bicyclic) bond motifs is 2. The highest BCUT2D eigenvalue weighted by atomic mass is 16.1. The lowest BCUT2D eigenvalue weighted by Gasteiger charge is -2.11. The number of anilines is 1. The number of hydrogen-bond donors (Lipinski definition) is 3. The van der Waals surface area contributed by atoms with Crippen LogP contribution in [0.1, 0.15) is 16.1 Å². The molecule has 132 valence electrons. The molecule has 0 aliphatic carbocycles. The van der Waals surface area contributed by atoms with Crippen LogP contribution in [0, 0.1) is 0 Å². The minimum Gasteiger partial charge on any atom is -0.384 e. The summed E-state index contributed by atoms with van der Waals surface area (Å²) in [7, 11) is 0. The number of nitrogen functional groups attached to an aromatic ring is 1. The van der Waals surface area contributed by atoms with Gasteiger partial charge in [-0.25, -0.2) is 4.98 Å². The number of aromatic nitrogens is 3. The molecule has 3 aromatic heterocycles. The van der Waals surface area contributed by atoms with Gasteiger partial charge in [-0.1, -0.05) is 18.2 Å². The van der Waals surface area contributed by atoms with E-state index in [1.54, 1.807) is 6.20 Å². The smallest absolute Gasteiger partial charge is 0.253 e. The molecule has 6 nitrogen and oxygen atoms in total. The first-order chi connectivity index (χ1) is 13.2. The van der Waals surface area contributed by atoms with Crippen molar-refractivity contribution in [3.05, 3.63) is 66.0 Å².